The van der Waals surface area contributed by atoms with E-state index in [1.807, 2.05) is 40.6 Å². The molecule has 4 heterocycles. The summed E-state index contributed by atoms with van der Waals surface area (Å²) in [4.78, 5) is 18.0. The van der Waals surface area contributed by atoms with Crippen LogP contribution in [0.1, 0.15) is 23.3 Å². The quantitative estimate of drug-likeness (QED) is 0.739. The number of H-pyrrole nitrogens is 1. The van der Waals surface area contributed by atoms with Crippen molar-refractivity contribution < 1.29 is 14.3 Å². The number of carbonyl (C=O) groups excluding carboxylic acids is 1. The molecule has 1 atom stereocenters. The van der Waals surface area contributed by atoms with Crippen LogP contribution in [0, 0.1) is 0 Å². The fraction of sp³-hybridized carbons (Fsp3) is 0.316. The summed E-state index contributed by atoms with van der Waals surface area (Å²) in [6.07, 6.45) is 2.03. The topological polar surface area (TPSA) is 66.6 Å². The Bertz CT molecular complexity index is 936. The van der Waals surface area contributed by atoms with E-state index in [1.54, 1.807) is 11.3 Å². The van der Waals surface area contributed by atoms with E-state index in [4.69, 9.17) is 9.47 Å². The maximum Gasteiger partial charge on any atom is 0.270 e. The van der Waals surface area contributed by atoms with E-state index in [0.717, 1.165) is 46.8 Å². The van der Waals surface area contributed by atoms with E-state index in [9.17, 15) is 4.79 Å². The molecule has 1 saturated heterocycles. The van der Waals surface area contributed by atoms with Gasteiger partial charge in [0.25, 0.3) is 5.91 Å². The van der Waals surface area contributed by atoms with Crippen LogP contribution in [0.3, 0.4) is 0 Å². The van der Waals surface area contributed by atoms with Crippen LogP contribution in [0.25, 0.3) is 10.2 Å². The first-order valence-electron chi connectivity index (χ1n) is 8.78. The van der Waals surface area contributed by atoms with E-state index in [2.05, 4.69) is 10.3 Å². The van der Waals surface area contributed by atoms with Gasteiger partial charge in [-0.15, -0.1) is 11.3 Å². The number of aromatic amines is 1. The highest BCUT2D eigenvalue weighted by Crippen LogP contribution is 2.34. The number of thiophene rings is 1. The lowest BCUT2D eigenvalue weighted by molar-refractivity contribution is 0.0710. The molecular formula is C19H19N3O3S. The fourth-order valence-electron chi connectivity index (χ4n) is 3.64. The minimum absolute atomic E-state index is 0.0746. The first-order valence-corrected chi connectivity index (χ1v) is 9.66. The second kappa shape index (κ2) is 6.25. The number of nitrogens with zero attached hydrogens (tertiary/aromatic N) is 1. The van der Waals surface area contributed by atoms with Gasteiger partial charge in [0.15, 0.2) is 11.5 Å². The zero-order valence-electron chi connectivity index (χ0n) is 14.2. The summed E-state index contributed by atoms with van der Waals surface area (Å²) in [5.74, 6) is 1.62. The zero-order chi connectivity index (χ0) is 17.5. The molecule has 26 heavy (non-hydrogen) atoms. The van der Waals surface area contributed by atoms with E-state index >= 15 is 0 Å². The molecule has 6 nitrogen and oxygen atoms in total. The first kappa shape index (κ1) is 15.6. The highest BCUT2D eigenvalue weighted by molar-refractivity contribution is 7.17. The summed E-state index contributed by atoms with van der Waals surface area (Å²) in [5.41, 5.74) is 2.70. The third-order valence-corrected chi connectivity index (χ3v) is 5.79. The molecule has 1 amide bonds. The number of anilines is 1. The summed E-state index contributed by atoms with van der Waals surface area (Å²) >= 11 is 1.65. The van der Waals surface area contributed by atoms with Gasteiger partial charge in [0.1, 0.15) is 5.69 Å². The molecular weight excluding hydrogens is 350 g/mol. The number of rotatable bonds is 3. The molecule has 2 N–H and O–H groups in total. The van der Waals surface area contributed by atoms with Gasteiger partial charge in [0, 0.05) is 30.9 Å². The Morgan fingerprint density at radius 3 is 3.08 bits per heavy atom. The Balaban J connectivity index is 1.28. The highest BCUT2D eigenvalue weighted by Gasteiger charge is 2.26. The third kappa shape index (κ3) is 2.78. The number of amides is 1. The van der Waals surface area contributed by atoms with Gasteiger partial charge >= 0.3 is 0 Å². The number of likely N-dealkylation sites (tertiary alicyclic amines) is 1. The van der Waals surface area contributed by atoms with Crippen molar-refractivity contribution in [3.8, 4) is 11.5 Å². The lowest BCUT2D eigenvalue weighted by atomic mass is 10.0. The van der Waals surface area contributed by atoms with Crippen molar-refractivity contribution in [1.82, 2.24) is 9.88 Å². The molecule has 5 rings (SSSR count). The van der Waals surface area contributed by atoms with Crippen molar-refractivity contribution in [1.29, 1.82) is 0 Å². The molecule has 0 spiro atoms. The number of hydrogen-bond acceptors (Lipinski definition) is 5. The Hall–Kier alpha value is -2.67. The molecule has 0 radical (unpaired) electrons. The van der Waals surface area contributed by atoms with Gasteiger partial charge < -0.3 is 24.7 Å². The number of fused-ring (bicyclic) bond motifs is 2. The summed E-state index contributed by atoms with van der Waals surface area (Å²) in [6.45, 7) is 1.77. The molecule has 0 saturated carbocycles. The predicted molar refractivity (Wildman–Crippen MR) is 101 cm³/mol. The fourth-order valence-corrected chi connectivity index (χ4v) is 4.42. The maximum atomic E-state index is 12.9. The van der Waals surface area contributed by atoms with E-state index in [0.29, 0.717) is 12.2 Å². The van der Waals surface area contributed by atoms with E-state index in [1.165, 1.54) is 0 Å². The Labute approximate surface area is 154 Å². The molecule has 134 valence electrons. The second-order valence-electron chi connectivity index (χ2n) is 6.68. The molecule has 2 aliphatic heterocycles. The summed E-state index contributed by atoms with van der Waals surface area (Å²) in [7, 11) is 0. The van der Waals surface area contributed by atoms with Gasteiger partial charge in [-0.25, -0.2) is 0 Å². The van der Waals surface area contributed by atoms with Crippen molar-refractivity contribution in [3.63, 3.8) is 0 Å². The monoisotopic (exact) mass is 369 g/mol. The van der Waals surface area contributed by atoms with Crippen molar-refractivity contribution in [2.75, 3.05) is 25.2 Å². The summed E-state index contributed by atoms with van der Waals surface area (Å²) in [5, 5.41) is 5.56. The molecule has 2 aliphatic rings. The number of aromatic nitrogens is 1. The Morgan fingerprint density at radius 2 is 2.15 bits per heavy atom. The first-order chi connectivity index (χ1) is 12.8. The third-order valence-electron chi connectivity index (χ3n) is 4.92. The van der Waals surface area contributed by atoms with Gasteiger partial charge in [0.05, 0.1) is 10.2 Å². The second-order valence-corrected chi connectivity index (χ2v) is 7.63. The van der Waals surface area contributed by atoms with Crippen molar-refractivity contribution in [2.24, 2.45) is 0 Å². The summed E-state index contributed by atoms with van der Waals surface area (Å²) in [6, 6.07) is 10.1. The van der Waals surface area contributed by atoms with Gasteiger partial charge in [0.2, 0.25) is 6.79 Å². The number of piperidine rings is 1. The number of hydrogen-bond donors (Lipinski definition) is 2. The van der Waals surface area contributed by atoms with Gasteiger partial charge in [-0.05, 0) is 42.5 Å². The van der Waals surface area contributed by atoms with Crippen LogP contribution in [0.4, 0.5) is 5.69 Å². The van der Waals surface area contributed by atoms with Crippen LogP contribution < -0.4 is 14.8 Å². The average molecular weight is 369 g/mol. The van der Waals surface area contributed by atoms with Crippen LogP contribution in [0.5, 0.6) is 11.5 Å². The lowest BCUT2D eigenvalue weighted by Gasteiger charge is -2.33. The maximum absolute atomic E-state index is 12.9. The minimum Gasteiger partial charge on any atom is -0.454 e. The van der Waals surface area contributed by atoms with Crippen LogP contribution in [0.15, 0.2) is 35.7 Å². The average Bonchev–Trinajstić information content (AvgIpc) is 3.36. The number of nitrogens with one attached hydrogen (secondary N) is 2. The lowest BCUT2D eigenvalue weighted by Crippen LogP contribution is -2.45. The van der Waals surface area contributed by atoms with Gasteiger partial charge in [-0.1, -0.05) is 0 Å². The molecule has 2 aromatic heterocycles. The molecule has 0 bridgehead atoms. The normalized spacial score (nSPS) is 19.1. The van der Waals surface area contributed by atoms with Crippen LogP contribution in [0.2, 0.25) is 0 Å². The van der Waals surface area contributed by atoms with Crippen molar-refractivity contribution >= 4 is 33.1 Å². The molecule has 0 aliphatic carbocycles. The molecule has 0 unspecified atom stereocenters. The molecule has 7 heteroatoms. The Kier molecular flexibility index (Phi) is 3.74. The minimum atomic E-state index is 0.0746. The Morgan fingerprint density at radius 1 is 1.23 bits per heavy atom. The van der Waals surface area contributed by atoms with E-state index in [-0.39, 0.29) is 18.7 Å². The van der Waals surface area contributed by atoms with Crippen molar-refractivity contribution in [2.45, 2.75) is 18.9 Å². The molecule has 3 aromatic rings. The van der Waals surface area contributed by atoms with Gasteiger partial charge in [-0.2, -0.15) is 0 Å². The zero-order valence-corrected chi connectivity index (χ0v) is 15.0. The van der Waals surface area contributed by atoms with E-state index < -0.39 is 0 Å². The number of carbonyl (C=O) groups is 1. The largest absolute Gasteiger partial charge is 0.454 e. The summed E-state index contributed by atoms with van der Waals surface area (Å²) < 4.78 is 11.9. The van der Waals surface area contributed by atoms with Crippen LogP contribution >= 0.6 is 11.3 Å². The predicted octanol–water partition coefficient (Wildman–Crippen LogP) is 3.67. The number of ether oxygens (including phenoxy) is 2. The number of benzene rings is 1. The van der Waals surface area contributed by atoms with Crippen LogP contribution in [-0.4, -0.2) is 41.7 Å². The SMILES string of the molecule is O=C(c1cc2sccc2[nH]1)N1CCC[C@@H](Nc2ccc3c(c2)OCO3)C1. The van der Waals surface area contributed by atoms with Crippen molar-refractivity contribution in [3.05, 3.63) is 41.4 Å². The van der Waals surface area contributed by atoms with Crippen LogP contribution in [-0.2, 0) is 0 Å². The molecule has 1 aromatic carbocycles. The molecule has 1 fully saturated rings. The van der Waals surface area contributed by atoms with Gasteiger partial charge in [-0.3, -0.25) is 4.79 Å². The standard InChI is InChI=1S/C19H19N3O3S/c23-19(15-9-18-14(21-15)5-7-26-18)22-6-1-2-13(10-22)20-12-3-4-16-17(8-12)25-11-24-16/h3-5,7-9,13,20-21H,1-2,6,10-11H2/t13-/m1/s1. The smallest absolute Gasteiger partial charge is 0.270 e. The highest BCUT2D eigenvalue weighted by atomic mass is 32.1.